The maximum Gasteiger partial charge on any atom is 0.250 e. The normalized spacial score (nSPS) is 16.0. The zero-order valence-electron chi connectivity index (χ0n) is 15.1. The highest BCUT2D eigenvalue weighted by molar-refractivity contribution is 5.77. The molecule has 2 N–H and O–H groups in total. The number of H-pyrrole nitrogens is 1. The molecule has 3 aromatic rings. The number of anilines is 1. The molecule has 1 aliphatic heterocycles. The SMILES string of the molecule is CC(C)c1cc(N2CC[NH+](C)CC2)[n+]2c([nH]c3ccccc32)c1C#N. The predicted molar refractivity (Wildman–Crippen MR) is 99.1 cm³/mol. The number of fused-ring (bicyclic) bond motifs is 3. The van der Waals surface area contributed by atoms with Crippen LogP contribution >= 0.6 is 0 Å². The van der Waals surface area contributed by atoms with Crippen molar-refractivity contribution >= 4 is 22.5 Å². The third-order valence-electron chi connectivity index (χ3n) is 5.34. The first-order valence-electron chi connectivity index (χ1n) is 9.06. The molecular formula is C20H25N5+2. The van der Waals surface area contributed by atoms with Crippen molar-refractivity contribution in [1.29, 1.82) is 5.26 Å². The van der Waals surface area contributed by atoms with Crippen molar-refractivity contribution in [1.82, 2.24) is 4.98 Å². The molecule has 25 heavy (non-hydrogen) atoms. The quantitative estimate of drug-likeness (QED) is 0.692. The number of piperazine rings is 1. The van der Waals surface area contributed by atoms with Gasteiger partial charge in [-0.15, -0.1) is 0 Å². The van der Waals surface area contributed by atoms with E-state index in [1.165, 1.54) is 5.82 Å². The van der Waals surface area contributed by atoms with Crippen molar-refractivity contribution in [2.75, 3.05) is 38.1 Å². The Hall–Kier alpha value is -2.58. The summed E-state index contributed by atoms with van der Waals surface area (Å²) >= 11 is 0. The molecule has 0 bridgehead atoms. The lowest BCUT2D eigenvalue weighted by molar-refractivity contribution is -0.880. The molecular weight excluding hydrogens is 310 g/mol. The minimum absolute atomic E-state index is 0.308. The smallest absolute Gasteiger partial charge is 0.250 e. The van der Waals surface area contributed by atoms with Crippen LogP contribution in [0.15, 0.2) is 30.3 Å². The van der Waals surface area contributed by atoms with Gasteiger partial charge in [0.25, 0.3) is 0 Å². The molecule has 3 heterocycles. The number of para-hydroxylation sites is 2. The van der Waals surface area contributed by atoms with Crippen molar-refractivity contribution in [2.24, 2.45) is 0 Å². The summed E-state index contributed by atoms with van der Waals surface area (Å²) in [6, 6.07) is 13.0. The fourth-order valence-corrected chi connectivity index (χ4v) is 3.83. The van der Waals surface area contributed by atoms with E-state index in [4.69, 9.17) is 0 Å². The number of nitrogens with zero attached hydrogens (tertiary/aromatic N) is 3. The monoisotopic (exact) mass is 335 g/mol. The summed E-state index contributed by atoms with van der Waals surface area (Å²) in [6.45, 7) is 8.68. The predicted octanol–water partition coefficient (Wildman–Crippen LogP) is 1.24. The van der Waals surface area contributed by atoms with Crippen molar-refractivity contribution in [3.8, 4) is 6.07 Å². The highest BCUT2D eigenvalue weighted by Gasteiger charge is 2.29. The summed E-state index contributed by atoms with van der Waals surface area (Å²) in [6.07, 6.45) is 0. The van der Waals surface area contributed by atoms with E-state index in [1.54, 1.807) is 4.90 Å². The van der Waals surface area contributed by atoms with E-state index in [9.17, 15) is 5.26 Å². The van der Waals surface area contributed by atoms with Crippen LogP contribution in [0.4, 0.5) is 5.82 Å². The Morgan fingerprint density at radius 3 is 2.64 bits per heavy atom. The summed E-state index contributed by atoms with van der Waals surface area (Å²) in [4.78, 5) is 7.53. The molecule has 4 rings (SSSR count). The molecule has 1 aliphatic rings. The largest absolute Gasteiger partial charge is 0.332 e. The summed E-state index contributed by atoms with van der Waals surface area (Å²) < 4.78 is 2.24. The summed E-state index contributed by atoms with van der Waals surface area (Å²) in [5, 5.41) is 9.83. The van der Waals surface area contributed by atoms with E-state index >= 15 is 0 Å². The number of pyridine rings is 1. The third kappa shape index (κ3) is 2.54. The number of hydrogen-bond acceptors (Lipinski definition) is 2. The highest BCUT2D eigenvalue weighted by Crippen LogP contribution is 2.27. The van der Waals surface area contributed by atoms with Crippen LogP contribution < -0.4 is 14.2 Å². The summed E-state index contributed by atoms with van der Waals surface area (Å²) in [5.74, 6) is 1.51. The number of imidazole rings is 1. The van der Waals surface area contributed by atoms with E-state index in [0.29, 0.717) is 5.92 Å². The molecule has 1 fully saturated rings. The lowest BCUT2D eigenvalue weighted by Crippen LogP contribution is -3.12. The Labute approximate surface area is 148 Å². The summed E-state index contributed by atoms with van der Waals surface area (Å²) in [5.41, 5.74) is 4.99. The summed E-state index contributed by atoms with van der Waals surface area (Å²) in [7, 11) is 2.25. The average Bonchev–Trinajstić information content (AvgIpc) is 3.00. The second-order valence-electron chi connectivity index (χ2n) is 7.37. The van der Waals surface area contributed by atoms with E-state index in [1.807, 2.05) is 6.07 Å². The number of nitrogens with one attached hydrogen (secondary N) is 2. The van der Waals surface area contributed by atoms with Crippen LogP contribution in [0.1, 0.15) is 30.9 Å². The molecule has 5 nitrogen and oxygen atoms in total. The molecule has 128 valence electrons. The zero-order chi connectivity index (χ0) is 17.6. The van der Waals surface area contributed by atoms with Gasteiger partial charge in [0.05, 0.1) is 7.05 Å². The minimum atomic E-state index is 0.308. The first-order valence-corrected chi connectivity index (χ1v) is 9.06. The number of aromatic amines is 1. The van der Waals surface area contributed by atoms with E-state index in [-0.39, 0.29) is 0 Å². The van der Waals surface area contributed by atoms with Crippen LogP contribution in [0.2, 0.25) is 0 Å². The van der Waals surface area contributed by atoms with Crippen molar-refractivity contribution < 1.29 is 9.30 Å². The Morgan fingerprint density at radius 1 is 1.24 bits per heavy atom. The van der Waals surface area contributed by atoms with Crippen LogP contribution in [0.3, 0.4) is 0 Å². The first-order chi connectivity index (χ1) is 12.1. The molecule has 0 amide bonds. The number of likely N-dealkylation sites (N-methyl/N-ethyl adjacent to an activating group) is 1. The Balaban J connectivity index is 2.04. The Kier molecular flexibility index (Phi) is 3.85. The van der Waals surface area contributed by atoms with E-state index in [0.717, 1.165) is 54.0 Å². The fourth-order valence-electron chi connectivity index (χ4n) is 3.83. The van der Waals surface area contributed by atoms with Crippen LogP contribution in [0.5, 0.6) is 0 Å². The second-order valence-corrected chi connectivity index (χ2v) is 7.37. The van der Waals surface area contributed by atoms with E-state index < -0.39 is 0 Å². The number of benzene rings is 1. The molecule has 0 aliphatic carbocycles. The van der Waals surface area contributed by atoms with Gasteiger partial charge in [-0.3, -0.25) is 9.88 Å². The minimum Gasteiger partial charge on any atom is -0.332 e. The molecule has 5 heteroatoms. The lowest BCUT2D eigenvalue weighted by Gasteiger charge is -2.28. The van der Waals surface area contributed by atoms with Crippen molar-refractivity contribution in [3.63, 3.8) is 0 Å². The molecule has 0 saturated carbocycles. The maximum absolute atomic E-state index is 9.83. The van der Waals surface area contributed by atoms with Gasteiger partial charge in [0.15, 0.2) is 0 Å². The molecule has 0 spiro atoms. The Bertz CT molecular complexity index is 971. The van der Waals surface area contributed by atoms with E-state index in [2.05, 4.69) is 65.5 Å². The molecule has 1 saturated heterocycles. The van der Waals surface area contributed by atoms with Crippen molar-refractivity contribution in [3.05, 3.63) is 41.5 Å². The number of hydrogen-bond donors (Lipinski definition) is 2. The molecule has 2 aromatic heterocycles. The molecule has 0 atom stereocenters. The standard InChI is InChI=1S/C20H23N5/c1-14(2)15-12-19(24-10-8-23(3)9-11-24)25-18-7-5-4-6-17(18)22-20(25)16(15)13-21/h4-7,12,14H,8-11H2,1-3H3/p+2. The number of nitriles is 1. The van der Waals surface area contributed by atoms with Crippen LogP contribution in [0, 0.1) is 11.3 Å². The lowest BCUT2D eigenvalue weighted by atomic mass is 9.98. The van der Waals surface area contributed by atoms with Gasteiger partial charge < -0.3 is 4.90 Å². The van der Waals surface area contributed by atoms with Gasteiger partial charge in [0.2, 0.25) is 11.5 Å². The van der Waals surface area contributed by atoms with Gasteiger partial charge >= 0.3 is 0 Å². The van der Waals surface area contributed by atoms with Gasteiger partial charge in [-0.25, -0.2) is 0 Å². The van der Waals surface area contributed by atoms with Crippen LogP contribution in [-0.4, -0.2) is 38.2 Å². The Morgan fingerprint density at radius 2 is 1.96 bits per heavy atom. The first kappa shape index (κ1) is 15.9. The number of rotatable bonds is 2. The highest BCUT2D eigenvalue weighted by atomic mass is 15.3. The maximum atomic E-state index is 9.83. The van der Waals surface area contributed by atoms with Gasteiger partial charge in [-0.2, -0.15) is 9.66 Å². The van der Waals surface area contributed by atoms with Crippen molar-refractivity contribution in [2.45, 2.75) is 19.8 Å². The van der Waals surface area contributed by atoms with Crippen LogP contribution in [-0.2, 0) is 0 Å². The van der Waals surface area contributed by atoms with Gasteiger partial charge in [0.1, 0.15) is 48.8 Å². The fraction of sp³-hybridized carbons (Fsp3) is 0.400. The number of quaternary nitrogens is 1. The van der Waals surface area contributed by atoms with Gasteiger partial charge in [0, 0.05) is 6.07 Å². The second kappa shape index (κ2) is 6.05. The van der Waals surface area contributed by atoms with Crippen LogP contribution in [0.25, 0.3) is 16.7 Å². The molecule has 0 unspecified atom stereocenters. The zero-order valence-corrected chi connectivity index (χ0v) is 15.1. The molecule has 1 aromatic carbocycles. The van der Waals surface area contributed by atoms with Gasteiger partial charge in [-0.05, 0) is 23.6 Å². The topological polar surface area (TPSA) is 51.4 Å². The number of aromatic nitrogens is 2. The third-order valence-corrected chi connectivity index (χ3v) is 5.34. The van der Waals surface area contributed by atoms with Gasteiger partial charge in [-0.1, -0.05) is 26.0 Å². The molecule has 0 radical (unpaired) electrons. The average molecular weight is 335 g/mol.